The lowest BCUT2D eigenvalue weighted by Crippen LogP contribution is -2.04. The Hall–Kier alpha value is -0.390. The van der Waals surface area contributed by atoms with Crippen LogP contribution in [-0.2, 0) is 0 Å². The lowest BCUT2D eigenvalue weighted by Gasteiger charge is -2.12. The Morgan fingerprint density at radius 3 is 2.89 bits per heavy atom. The molecule has 9 heavy (non-hydrogen) atoms. The van der Waals surface area contributed by atoms with E-state index in [1.54, 1.807) is 0 Å². The van der Waals surface area contributed by atoms with Gasteiger partial charge in [-0.15, -0.1) is 0 Å². The molecule has 1 heterocycles. The fourth-order valence-electron chi connectivity index (χ4n) is 0.407. The molecule has 0 unspecified atom stereocenters. The van der Waals surface area contributed by atoms with E-state index in [1.165, 1.54) is 9.31 Å². The van der Waals surface area contributed by atoms with Crippen molar-refractivity contribution < 1.29 is 4.39 Å². The Labute approximate surface area is 66.3 Å². The zero-order chi connectivity index (χ0) is 6.85. The summed E-state index contributed by atoms with van der Waals surface area (Å²) < 4.78 is 13.7. The maximum atomic E-state index is 12.2. The van der Waals surface area contributed by atoms with E-state index in [1.807, 2.05) is 22.9 Å². The lowest BCUT2D eigenvalue weighted by molar-refractivity contribution is 0.644. The first kappa shape index (κ1) is 6.73. The molecule has 0 atom stereocenters. The Morgan fingerprint density at radius 2 is 2.44 bits per heavy atom. The average molecular weight is 238 g/mol. The molecule has 0 spiro atoms. The second-order valence-electron chi connectivity index (χ2n) is 1.50. The summed E-state index contributed by atoms with van der Waals surface area (Å²) >= 11 is 1.90. The van der Waals surface area contributed by atoms with E-state index < -0.39 is 0 Å². The van der Waals surface area contributed by atoms with Crippen LogP contribution in [0.5, 0.6) is 0 Å². The number of allylic oxidation sites excluding steroid dienone is 1. The van der Waals surface area contributed by atoms with Crippen molar-refractivity contribution >= 4 is 29.1 Å². The molecule has 1 aliphatic rings. The van der Waals surface area contributed by atoms with Gasteiger partial charge in [0, 0.05) is 0 Å². The maximum Gasteiger partial charge on any atom is 0.158 e. The van der Waals surface area contributed by atoms with Crippen molar-refractivity contribution in [1.82, 2.24) is 3.11 Å². The lowest BCUT2D eigenvalue weighted by atomic mass is 10.5. The molecule has 0 aromatic carbocycles. The predicted molar refractivity (Wildman–Crippen MR) is 42.7 cm³/mol. The van der Waals surface area contributed by atoms with Crippen LogP contribution in [-0.4, -0.2) is 9.33 Å². The highest BCUT2D eigenvalue weighted by Gasteiger charge is 2.04. The summed E-state index contributed by atoms with van der Waals surface area (Å²) in [5.74, 6) is 0.189. The summed E-state index contributed by atoms with van der Waals surface area (Å²) in [6, 6.07) is 0. The molecule has 0 aromatic rings. The molecule has 0 saturated heterocycles. The van der Waals surface area contributed by atoms with Crippen LogP contribution in [0.25, 0.3) is 0 Å². The molecule has 0 radical (unpaired) electrons. The highest BCUT2D eigenvalue weighted by atomic mass is 127. The van der Waals surface area contributed by atoms with Gasteiger partial charge in [0.2, 0.25) is 0 Å². The van der Waals surface area contributed by atoms with Crippen LogP contribution in [0.2, 0.25) is 0 Å². The van der Waals surface area contributed by atoms with E-state index in [0.29, 0.717) is 5.82 Å². The van der Waals surface area contributed by atoms with Gasteiger partial charge in [0.25, 0.3) is 0 Å². The van der Waals surface area contributed by atoms with Crippen molar-refractivity contribution in [2.24, 2.45) is 4.99 Å². The van der Waals surface area contributed by atoms with Gasteiger partial charge in [-0.2, -0.15) is 0 Å². The second kappa shape index (κ2) is 2.47. The first-order valence-electron chi connectivity index (χ1n) is 2.25. The van der Waals surface area contributed by atoms with E-state index in [9.17, 15) is 4.39 Å². The van der Waals surface area contributed by atoms with Crippen LogP contribution in [0, 0.1) is 0 Å². The zero-order valence-electron chi connectivity index (χ0n) is 4.51. The fraction of sp³-hybridized carbons (Fsp3) is 0. The molecule has 0 saturated carbocycles. The van der Waals surface area contributed by atoms with Crippen molar-refractivity contribution in [2.45, 2.75) is 0 Å². The van der Waals surface area contributed by atoms with Gasteiger partial charge in [-0.05, 0) is 0 Å². The molecule has 0 amide bonds. The summed E-state index contributed by atoms with van der Waals surface area (Å²) in [4.78, 5) is 3.65. The molecular weight excluding hydrogens is 234 g/mol. The number of hydrogen-bond donors (Lipinski definition) is 0. The first-order valence-corrected chi connectivity index (χ1v) is 3.22. The van der Waals surface area contributed by atoms with E-state index >= 15 is 0 Å². The Bertz CT molecular complexity index is 197. The van der Waals surface area contributed by atoms with E-state index in [-0.39, 0.29) is 5.83 Å². The smallest absolute Gasteiger partial charge is 0.158 e. The minimum absolute atomic E-state index is 0.350. The molecule has 1 aliphatic heterocycles. The zero-order valence-corrected chi connectivity index (χ0v) is 6.67. The number of hydrogen-bond acceptors (Lipinski definition) is 2. The van der Waals surface area contributed by atoms with Crippen molar-refractivity contribution in [2.75, 3.05) is 0 Å². The van der Waals surface area contributed by atoms with Crippen molar-refractivity contribution in [3.8, 4) is 0 Å². The maximum absolute atomic E-state index is 12.2. The Kier molecular flexibility index (Phi) is 1.84. The normalized spacial score (nSPS) is 18.2. The molecule has 0 aliphatic carbocycles. The number of halogens is 2. The van der Waals surface area contributed by atoms with Gasteiger partial charge in [-0.25, -0.2) is 9.38 Å². The van der Waals surface area contributed by atoms with Gasteiger partial charge in [-0.3, -0.25) is 3.11 Å². The standard InChI is InChI=1S/C5H4FIN2/c1-4-8-2-5(6)3-9(4)7/h2-3H,1H2. The summed E-state index contributed by atoms with van der Waals surface area (Å²) in [6.45, 7) is 3.54. The topological polar surface area (TPSA) is 15.6 Å². The number of aliphatic imine (C=N–C) groups is 1. The minimum Gasteiger partial charge on any atom is -0.272 e. The predicted octanol–water partition coefficient (Wildman–Crippen LogP) is 2.00. The third-order valence-corrected chi connectivity index (χ3v) is 1.66. The van der Waals surface area contributed by atoms with Gasteiger partial charge in [0.15, 0.2) is 5.83 Å². The molecule has 1 rings (SSSR count). The summed E-state index contributed by atoms with van der Waals surface area (Å²) in [5.41, 5.74) is 0. The van der Waals surface area contributed by atoms with Crippen LogP contribution in [0.3, 0.4) is 0 Å². The molecule has 48 valence electrons. The van der Waals surface area contributed by atoms with Crippen LogP contribution < -0.4 is 0 Å². The van der Waals surface area contributed by atoms with Crippen LogP contribution in [0.15, 0.2) is 29.4 Å². The number of rotatable bonds is 0. The van der Waals surface area contributed by atoms with Gasteiger partial charge in [0.05, 0.1) is 35.3 Å². The van der Waals surface area contributed by atoms with Gasteiger partial charge >= 0.3 is 0 Å². The summed E-state index contributed by atoms with van der Waals surface area (Å²) in [5, 5.41) is 0. The molecule has 4 heteroatoms. The first-order chi connectivity index (χ1) is 4.20. The van der Waals surface area contributed by atoms with Gasteiger partial charge in [-0.1, -0.05) is 6.58 Å². The average Bonchev–Trinajstić information content (AvgIpc) is 1.80. The molecule has 0 bridgehead atoms. The molecule has 0 fully saturated rings. The molecule has 2 nitrogen and oxygen atoms in total. The van der Waals surface area contributed by atoms with Gasteiger partial charge < -0.3 is 0 Å². The van der Waals surface area contributed by atoms with Crippen molar-refractivity contribution in [1.29, 1.82) is 0 Å². The van der Waals surface area contributed by atoms with Crippen LogP contribution in [0.1, 0.15) is 0 Å². The summed E-state index contributed by atoms with van der Waals surface area (Å²) in [6.07, 6.45) is 2.45. The van der Waals surface area contributed by atoms with Gasteiger partial charge in [0.1, 0.15) is 5.82 Å². The minimum atomic E-state index is -0.350. The summed E-state index contributed by atoms with van der Waals surface area (Å²) in [7, 11) is 0. The van der Waals surface area contributed by atoms with Crippen molar-refractivity contribution in [3.05, 3.63) is 24.4 Å². The molecular formula is C5H4FIN2. The molecule has 0 N–H and O–H groups in total. The Balaban J connectivity index is 2.82. The SMILES string of the molecule is C=C1N=CC(F)=CN1I. The second-order valence-corrected chi connectivity index (χ2v) is 2.54. The monoisotopic (exact) mass is 238 g/mol. The largest absolute Gasteiger partial charge is 0.272 e. The van der Waals surface area contributed by atoms with Crippen molar-refractivity contribution in [3.63, 3.8) is 0 Å². The highest BCUT2D eigenvalue weighted by Crippen LogP contribution is 2.16. The van der Waals surface area contributed by atoms with Crippen LogP contribution in [0.4, 0.5) is 4.39 Å². The van der Waals surface area contributed by atoms with E-state index in [4.69, 9.17) is 0 Å². The fourth-order valence-corrected chi connectivity index (χ4v) is 0.798. The van der Waals surface area contributed by atoms with Crippen LogP contribution >= 0.6 is 22.9 Å². The Morgan fingerprint density at radius 1 is 1.78 bits per heavy atom. The third kappa shape index (κ3) is 1.51. The highest BCUT2D eigenvalue weighted by molar-refractivity contribution is 14.1. The third-order valence-electron chi connectivity index (χ3n) is 0.820. The van der Waals surface area contributed by atoms with E-state index in [2.05, 4.69) is 11.6 Å². The van der Waals surface area contributed by atoms with E-state index in [0.717, 1.165) is 6.21 Å². The molecule has 0 aromatic heterocycles. The quantitative estimate of drug-likeness (QED) is 0.465. The number of nitrogens with zero attached hydrogens (tertiary/aromatic N) is 2.